The standard InChI is InChI=1S/C50H65ClN10O13/c51-36-18-14-35(15-19-36)32-61(29-8-6-12-38(48(70)71)58-50(74)59-39(49(72)73)22-25-45(66)67)44(65)13-5-2-7-26-53-42(63)23-24-43(64)56-41(30-33-10-3-1-4-11-33)47(69)57-40(31-34-16-20-37(62)21-17-34)46(68)54-27-9-28-55-60-52/h1,3-4,10-11,14-21,38-41,62H,2,5-9,12-13,22-32H2,(H,53,63)(H,54,68)(H,56,64)(H,57,69)(H,66,67)(H,70,71)(H,72,73)(H2,58,59,74)/t38-,39-,40+,41+/m0/s1. The van der Waals surface area contributed by atoms with Gasteiger partial charge in [-0.3, -0.25) is 28.8 Å². The third-order valence-electron chi connectivity index (χ3n) is 11.4. The molecule has 0 bridgehead atoms. The SMILES string of the molecule is [N-]=[N+]=NCCCNC(=O)[C@@H](Cc1ccc(O)cc1)NC(=O)[C@@H](Cc1ccccc1)NC(=O)CCC(=O)NCCCCCC(=O)N(CCCC[C@H](NC(=O)N[C@@H](CCC(=O)O)C(=O)O)C(=O)O)Cc1ccc(Cl)cc1. The molecule has 0 saturated carbocycles. The Bertz CT molecular complexity index is 2370. The fourth-order valence-electron chi connectivity index (χ4n) is 7.38. The molecule has 0 heterocycles. The molecule has 3 rings (SSSR count). The summed E-state index contributed by atoms with van der Waals surface area (Å²) in [5.41, 5.74) is 10.7. The molecular weight excluding hydrogens is 984 g/mol. The monoisotopic (exact) mass is 1050 g/mol. The van der Waals surface area contributed by atoms with Crippen molar-refractivity contribution in [1.82, 2.24) is 36.8 Å². The number of aromatic hydroxyl groups is 1. The number of carboxylic acid groups (broad SMARTS) is 3. The molecule has 0 aliphatic rings. The van der Waals surface area contributed by atoms with Gasteiger partial charge in [0.1, 0.15) is 29.9 Å². The van der Waals surface area contributed by atoms with Crippen LogP contribution in [-0.4, -0.2) is 129 Å². The normalized spacial score (nSPS) is 12.3. The molecule has 23 nitrogen and oxygen atoms in total. The number of hydrogen-bond donors (Lipinski definition) is 10. The number of azide groups is 1. The van der Waals surface area contributed by atoms with E-state index in [0.29, 0.717) is 42.7 Å². The van der Waals surface area contributed by atoms with E-state index in [1.54, 1.807) is 71.6 Å². The van der Waals surface area contributed by atoms with Gasteiger partial charge in [-0.1, -0.05) is 77.7 Å². The van der Waals surface area contributed by atoms with Crippen LogP contribution in [0.5, 0.6) is 5.75 Å². The van der Waals surface area contributed by atoms with Crippen LogP contribution >= 0.6 is 11.6 Å². The molecule has 0 spiro atoms. The molecule has 0 aliphatic carbocycles. The summed E-state index contributed by atoms with van der Waals surface area (Å²) in [5.74, 6) is -6.37. The summed E-state index contributed by atoms with van der Waals surface area (Å²) in [5, 5.41) is 56.9. The maximum absolute atomic E-state index is 13.8. The van der Waals surface area contributed by atoms with E-state index in [1.165, 1.54) is 12.1 Å². The number of benzene rings is 3. The van der Waals surface area contributed by atoms with Crippen molar-refractivity contribution in [2.75, 3.05) is 26.2 Å². The van der Waals surface area contributed by atoms with E-state index in [9.17, 15) is 58.5 Å². The first-order valence-electron chi connectivity index (χ1n) is 24.2. The minimum absolute atomic E-state index is 0.0221. The zero-order valence-electron chi connectivity index (χ0n) is 40.9. The first-order valence-corrected chi connectivity index (χ1v) is 24.5. The Morgan fingerprint density at radius 1 is 0.581 bits per heavy atom. The topological polar surface area (TPSA) is 359 Å². The molecule has 0 unspecified atom stereocenters. The highest BCUT2D eigenvalue weighted by Crippen LogP contribution is 2.16. The Hall–Kier alpha value is -7.91. The molecule has 0 radical (unpaired) electrons. The van der Waals surface area contributed by atoms with E-state index in [0.717, 1.165) is 11.1 Å². The average Bonchev–Trinajstić information content (AvgIpc) is 3.36. The number of aliphatic carboxylic acids is 3. The largest absolute Gasteiger partial charge is 0.508 e. The lowest BCUT2D eigenvalue weighted by molar-refractivity contribution is -0.141. The van der Waals surface area contributed by atoms with Gasteiger partial charge >= 0.3 is 23.9 Å². The van der Waals surface area contributed by atoms with Crippen LogP contribution in [0, 0.1) is 0 Å². The second kappa shape index (κ2) is 33.7. The Morgan fingerprint density at radius 2 is 1.18 bits per heavy atom. The van der Waals surface area contributed by atoms with Crippen LogP contribution in [-0.2, 0) is 57.7 Å². The lowest BCUT2D eigenvalue weighted by Gasteiger charge is -2.24. The lowest BCUT2D eigenvalue weighted by atomic mass is 10.0. The van der Waals surface area contributed by atoms with Crippen LogP contribution in [0.1, 0.15) is 93.7 Å². The number of hydrogen-bond acceptors (Lipinski definition) is 11. The fourth-order valence-corrected chi connectivity index (χ4v) is 7.50. The van der Waals surface area contributed by atoms with Gasteiger partial charge in [-0.05, 0) is 91.4 Å². The van der Waals surface area contributed by atoms with Crippen molar-refractivity contribution in [3.8, 4) is 5.75 Å². The molecule has 3 aromatic rings. The highest BCUT2D eigenvalue weighted by molar-refractivity contribution is 6.30. The van der Waals surface area contributed by atoms with E-state index in [1.807, 2.05) is 0 Å². The van der Waals surface area contributed by atoms with Crippen molar-refractivity contribution in [2.45, 2.75) is 121 Å². The van der Waals surface area contributed by atoms with Crippen LogP contribution in [0.3, 0.4) is 0 Å². The zero-order chi connectivity index (χ0) is 54.3. The van der Waals surface area contributed by atoms with Crippen LogP contribution in [0.15, 0.2) is 84.0 Å². The molecule has 4 atom stereocenters. The quantitative estimate of drug-likeness (QED) is 0.0170. The first kappa shape index (κ1) is 60.4. The van der Waals surface area contributed by atoms with E-state index < -0.39 is 84.6 Å². The summed E-state index contributed by atoms with van der Waals surface area (Å²) in [6.07, 6.45) is 1.50. The Balaban J connectivity index is 1.49. The van der Waals surface area contributed by atoms with Gasteiger partial charge in [-0.15, -0.1) is 0 Å². The van der Waals surface area contributed by atoms with Crippen LogP contribution in [0.2, 0.25) is 5.02 Å². The average molecular weight is 1050 g/mol. The van der Waals surface area contributed by atoms with Crippen molar-refractivity contribution in [3.63, 3.8) is 0 Å². The van der Waals surface area contributed by atoms with Crippen LogP contribution in [0.4, 0.5) is 4.79 Å². The number of carbonyl (C=O) groups excluding carboxylic acids is 6. The number of carboxylic acids is 3. The van der Waals surface area contributed by atoms with E-state index >= 15 is 0 Å². The Labute approximate surface area is 432 Å². The molecule has 74 heavy (non-hydrogen) atoms. The number of nitrogens with one attached hydrogen (secondary N) is 6. The molecule has 0 aliphatic heterocycles. The number of urea groups is 1. The minimum Gasteiger partial charge on any atom is -0.508 e. The number of nitrogens with zero attached hydrogens (tertiary/aromatic N) is 4. The maximum Gasteiger partial charge on any atom is 0.326 e. The molecule has 3 aromatic carbocycles. The van der Waals surface area contributed by atoms with Gasteiger partial charge in [0.25, 0.3) is 0 Å². The summed E-state index contributed by atoms with van der Waals surface area (Å²) in [6, 6.07) is 15.8. The van der Waals surface area contributed by atoms with Gasteiger partial charge in [-0.2, -0.15) is 0 Å². The van der Waals surface area contributed by atoms with Crippen molar-refractivity contribution in [3.05, 3.63) is 111 Å². The van der Waals surface area contributed by atoms with Gasteiger partial charge in [0.05, 0.1) is 0 Å². The minimum atomic E-state index is -1.54. The van der Waals surface area contributed by atoms with Crippen molar-refractivity contribution >= 4 is 65.1 Å². The van der Waals surface area contributed by atoms with Crippen LogP contribution < -0.4 is 31.9 Å². The number of rotatable bonds is 35. The Kier molecular flexibility index (Phi) is 27.5. The predicted molar refractivity (Wildman–Crippen MR) is 270 cm³/mol. The van der Waals surface area contributed by atoms with Crippen molar-refractivity contribution < 1.29 is 63.6 Å². The number of phenolic OH excluding ortho intramolecular Hbond substituents is 1. The van der Waals surface area contributed by atoms with Gasteiger partial charge in [0.15, 0.2) is 0 Å². The second-order valence-corrected chi connectivity index (χ2v) is 17.7. The fraction of sp³-hybridized carbons (Fsp3) is 0.460. The van der Waals surface area contributed by atoms with Gasteiger partial charge in [0, 0.05) is 81.2 Å². The van der Waals surface area contributed by atoms with Crippen molar-refractivity contribution in [2.24, 2.45) is 5.11 Å². The summed E-state index contributed by atoms with van der Waals surface area (Å²) in [6.45, 7) is 1.10. The predicted octanol–water partition coefficient (Wildman–Crippen LogP) is 4.34. The van der Waals surface area contributed by atoms with Crippen LogP contribution in [0.25, 0.3) is 10.4 Å². The molecule has 0 fully saturated rings. The van der Waals surface area contributed by atoms with Gasteiger partial charge in [-0.25, -0.2) is 14.4 Å². The second-order valence-electron chi connectivity index (χ2n) is 17.3. The zero-order valence-corrected chi connectivity index (χ0v) is 41.6. The van der Waals surface area contributed by atoms with E-state index in [2.05, 4.69) is 41.9 Å². The highest BCUT2D eigenvalue weighted by atomic mass is 35.5. The number of halogens is 1. The highest BCUT2D eigenvalue weighted by Gasteiger charge is 2.28. The molecule has 400 valence electrons. The number of unbranched alkanes of at least 4 members (excludes halogenated alkanes) is 3. The third kappa shape index (κ3) is 25.0. The summed E-state index contributed by atoms with van der Waals surface area (Å²) in [7, 11) is 0. The maximum atomic E-state index is 13.8. The smallest absolute Gasteiger partial charge is 0.326 e. The number of carbonyl (C=O) groups is 9. The molecule has 24 heteroatoms. The Morgan fingerprint density at radius 3 is 1.81 bits per heavy atom. The van der Waals surface area contributed by atoms with Crippen molar-refractivity contribution in [1.29, 1.82) is 0 Å². The summed E-state index contributed by atoms with van der Waals surface area (Å²) >= 11 is 6.06. The molecule has 0 aromatic heterocycles. The first-order chi connectivity index (χ1) is 35.4. The third-order valence-corrected chi connectivity index (χ3v) is 11.6. The molecular formula is C50H65ClN10O13. The summed E-state index contributed by atoms with van der Waals surface area (Å²) in [4.78, 5) is 118. The van der Waals surface area contributed by atoms with E-state index in [-0.39, 0.29) is 89.3 Å². The number of phenols is 1. The summed E-state index contributed by atoms with van der Waals surface area (Å²) < 4.78 is 0. The molecule has 10 N–H and O–H groups in total. The van der Waals surface area contributed by atoms with Gasteiger partial charge < -0.3 is 57.2 Å². The van der Waals surface area contributed by atoms with Gasteiger partial charge in [0.2, 0.25) is 29.5 Å². The molecule has 0 saturated heterocycles. The molecule has 7 amide bonds. The van der Waals surface area contributed by atoms with E-state index in [4.69, 9.17) is 22.2 Å². The number of amides is 7. The lowest BCUT2D eigenvalue weighted by Crippen LogP contribution is -2.55.